The highest BCUT2D eigenvalue weighted by Gasteiger charge is 2.56. The zero-order valence-electron chi connectivity index (χ0n) is 37.5. The maximum absolute atomic E-state index is 2.79. The first-order valence-corrected chi connectivity index (χ1v) is 24.4. The van der Waals surface area contributed by atoms with Crippen molar-refractivity contribution in [1.82, 2.24) is 0 Å². The van der Waals surface area contributed by atoms with Gasteiger partial charge < -0.3 is 9.71 Å². The number of anilines is 5. The fraction of sp³-hybridized carbons (Fsp3) is 0.0794. The summed E-state index contributed by atoms with van der Waals surface area (Å²) in [5.41, 5.74) is 22.8. The number of thiophene rings is 1. The second-order valence-electron chi connectivity index (χ2n) is 19.9. The maximum atomic E-state index is 2.79. The Morgan fingerprint density at radius 3 is 1.88 bits per heavy atom. The van der Waals surface area contributed by atoms with Gasteiger partial charge in [-0.05, 0) is 130 Å². The molecule has 0 radical (unpaired) electrons. The van der Waals surface area contributed by atoms with E-state index in [0.717, 1.165) is 0 Å². The Hall–Kier alpha value is -7.66. The molecule has 0 atom stereocenters. The summed E-state index contributed by atoms with van der Waals surface area (Å²) >= 11 is 1.91. The van der Waals surface area contributed by atoms with Crippen LogP contribution in [0.2, 0.25) is 0 Å². The van der Waals surface area contributed by atoms with Crippen LogP contribution in [-0.4, -0.2) is 6.85 Å². The first-order chi connectivity index (χ1) is 32.9. The van der Waals surface area contributed by atoms with Crippen LogP contribution in [0.5, 0.6) is 0 Å². The van der Waals surface area contributed by atoms with Gasteiger partial charge >= 0.3 is 6.85 Å². The van der Waals surface area contributed by atoms with E-state index in [1.807, 2.05) is 11.3 Å². The summed E-state index contributed by atoms with van der Waals surface area (Å²) in [5, 5.41) is 5.19. The zero-order valence-corrected chi connectivity index (χ0v) is 38.3. The molecule has 0 amide bonds. The third-order valence-corrected chi connectivity index (χ3v) is 16.7. The van der Waals surface area contributed by atoms with Crippen LogP contribution in [-0.2, 0) is 10.8 Å². The molecule has 0 N–H and O–H groups in total. The molecule has 2 nitrogen and oxygen atoms in total. The quantitative estimate of drug-likeness (QED) is 0.160. The second kappa shape index (κ2) is 13.2. The average Bonchev–Trinajstić information content (AvgIpc) is 3.90. The molecule has 4 aliphatic rings. The van der Waals surface area contributed by atoms with E-state index in [4.69, 9.17) is 0 Å². The summed E-state index contributed by atoms with van der Waals surface area (Å²) in [5.74, 6) is 0. The summed E-state index contributed by atoms with van der Waals surface area (Å²) in [6, 6.07) is 78.9. The van der Waals surface area contributed by atoms with E-state index >= 15 is 0 Å². The van der Waals surface area contributed by atoms with E-state index in [1.54, 1.807) is 0 Å². The van der Waals surface area contributed by atoms with Crippen molar-refractivity contribution in [1.29, 1.82) is 0 Å². The minimum absolute atomic E-state index is 0.0301. The summed E-state index contributed by atoms with van der Waals surface area (Å²) < 4.78 is 2.63. The van der Waals surface area contributed by atoms with Crippen molar-refractivity contribution >= 4 is 88.5 Å². The Morgan fingerprint density at radius 2 is 1.09 bits per heavy atom. The first kappa shape index (κ1) is 37.6. The Labute approximate surface area is 395 Å². The molecule has 15 rings (SSSR count). The predicted octanol–water partition coefficient (Wildman–Crippen LogP) is 15.6. The van der Waals surface area contributed by atoms with Crippen LogP contribution in [0.15, 0.2) is 206 Å². The molecule has 4 heterocycles. The summed E-state index contributed by atoms with van der Waals surface area (Å²) in [4.78, 5) is 5.44. The molecule has 10 aromatic carbocycles. The first-order valence-electron chi connectivity index (χ1n) is 23.6. The molecule has 11 aromatic rings. The summed E-state index contributed by atoms with van der Waals surface area (Å²) in [6.45, 7) is 6.83. The van der Waals surface area contributed by atoms with Gasteiger partial charge in [0.2, 0.25) is 0 Å². The third kappa shape index (κ3) is 4.76. The normalized spacial score (nSPS) is 14.5. The Morgan fingerprint density at radius 1 is 0.448 bits per heavy atom. The lowest BCUT2D eigenvalue weighted by Gasteiger charge is -2.52. The van der Waals surface area contributed by atoms with Crippen molar-refractivity contribution in [2.75, 3.05) is 9.71 Å². The van der Waals surface area contributed by atoms with Crippen LogP contribution in [0.25, 0.3) is 64.3 Å². The van der Waals surface area contributed by atoms with Gasteiger partial charge in [-0.3, -0.25) is 0 Å². The molecule has 0 fully saturated rings. The summed E-state index contributed by atoms with van der Waals surface area (Å²) in [7, 11) is 0. The number of rotatable bonds is 2. The maximum Gasteiger partial charge on any atom is 0.333 e. The molecule has 4 heteroatoms. The van der Waals surface area contributed by atoms with Crippen molar-refractivity contribution in [2.45, 2.75) is 31.6 Å². The van der Waals surface area contributed by atoms with E-state index in [2.05, 4.69) is 237 Å². The Bertz CT molecular complexity index is 3900. The van der Waals surface area contributed by atoms with Crippen LogP contribution >= 0.6 is 11.3 Å². The predicted molar refractivity (Wildman–Crippen MR) is 286 cm³/mol. The number of hydrogen-bond acceptors (Lipinski definition) is 3. The van der Waals surface area contributed by atoms with Gasteiger partial charge in [-0.25, -0.2) is 0 Å². The lowest BCUT2D eigenvalue weighted by molar-refractivity contribution is 0.590. The van der Waals surface area contributed by atoms with Crippen LogP contribution < -0.4 is 20.6 Å². The Balaban J connectivity index is 1.15. The third-order valence-electron chi connectivity index (χ3n) is 15.6. The molecule has 3 aliphatic heterocycles. The van der Waals surface area contributed by atoms with Gasteiger partial charge in [0.05, 0.1) is 11.1 Å². The zero-order chi connectivity index (χ0) is 44.3. The number of benzene rings is 10. The van der Waals surface area contributed by atoms with Crippen LogP contribution in [0.3, 0.4) is 0 Å². The minimum atomic E-state index is -0.513. The fourth-order valence-corrected chi connectivity index (χ4v) is 14.0. The highest BCUT2D eigenvalue weighted by molar-refractivity contribution is 7.26. The van der Waals surface area contributed by atoms with Crippen molar-refractivity contribution in [3.8, 4) is 33.4 Å². The van der Waals surface area contributed by atoms with Gasteiger partial charge in [-0.15, -0.1) is 11.3 Å². The van der Waals surface area contributed by atoms with E-state index in [-0.39, 0.29) is 12.3 Å². The van der Waals surface area contributed by atoms with E-state index in [1.165, 1.54) is 132 Å². The number of nitrogens with zero attached hydrogens (tertiary/aromatic N) is 2. The highest BCUT2D eigenvalue weighted by Crippen LogP contribution is 2.65. The molecular weight excluding hydrogens is 828 g/mol. The SMILES string of the molecule is CC(C)(C)c1ccc(N2c3cc4ccccc4c4c3B(c3c2ccc2sc5ccccc5c32)N2c3ccccc3C3(c5ccccc5-c5ccccc53)c3cccc-4c32)c(-c2ccccc2)c1. The van der Waals surface area contributed by atoms with E-state index < -0.39 is 5.41 Å². The fourth-order valence-electron chi connectivity index (χ4n) is 12.9. The van der Waals surface area contributed by atoms with Crippen molar-refractivity contribution in [3.63, 3.8) is 0 Å². The monoisotopic (exact) mass is 870 g/mol. The smallest absolute Gasteiger partial charge is 0.333 e. The standard InChI is InChI=1S/C63H43BN2S/c1-62(2,3)40-32-33-51(46(37-40)38-18-5-4-6-19-38)65-53-34-35-56-58(44-24-11-16-31-55(44)67-56)59(53)64-60-54(65)36-39-20-7-8-21-41(39)57(60)45-25-17-29-50-61(45)66(64)52-30-15-14-28-49(52)63(50)47-26-12-9-22-42(47)43-23-10-13-27-48(43)63/h4-37H,1-3H3. The lowest BCUT2D eigenvalue weighted by atomic mass is 9.41. The second-order valence-corrected chi connectivity index (χ2v) is 21.0. The van der Waals surface area contributed by atoms with Gasteiger partial charge in [0, 0.05) is 43.3 Å². The molecule has 0 saturated carbocycles. The van der Waals surface area contributed by atoms with E-state index in [9.17, 15) is 0 Å². The highest BCUT2D eigenvalue weighted by atomic mass is 32.1. The van der Waals surface area contributed by atoms with Crippen molar-refractivity contribution in [2.24, 2.45) is 0 Å². The number of hydrogen-bond donors (Lipinski definition) is 0. The lowest BCUT2D eigenvalue weighted by Crippen LogP contribution is -2.63. The summed E-state index contributed by atoms with van der Waals surface area (Å²) in [6.07, 6.45) is 0. The molecular formula is C63H43BN2S. The van der Waals surface area contributed by atoms with Crippen molar-refractivity contribution in [3.05, 3.63) is 234 Å². The van der Waals surface area contributed by atoms with Crippen LogP contribution in [0, 0.1) is 0 Å². The van der Waals surface area contributed by atoms with Crippen LogP contribution in [0.1, 0.15) is 48.6 Å². The van der Waals surface area contributed by atoms with Crippen LogP contribution in [0.4, 0.5) is 28.4 Å². The van der Waals surface area contributed by atoms with Crippen molar-refractivity contribution < 1.29 is 0 Å². The number of para-hydroxylation sites is 2. The molecule has 0 unspecified atom stereocenters. The van der Waals surface area contributed by atoms with Gasteiger partial charge in [0.25, 0.3) is 0 Å². The van der Waals surface area contributed by atoms with E-state index in [0.29, 0.717) is 0 Å². The van der Waals surface area contributed by atoms with Gasteiger partial charge in [-0.2, -0.15) is 0 Å². The van der Waals surface area contributed by atoms with Gasteiger partial charge in [0.15, 0.2) is 0 Å². The topological polar surface area (TPSA) is 6.48 Å². The Kier molecular flexibility index (Phi) is 7.43. The molecule has 0 bridgehead atoms. The minimum Gasteiger partial charge on any atom is -0.376 e. The largest absolute Gasteiger partial charge is 0.376 e. The molecule has 1 spiro atoms. The van der Waals surface area contributed by atoms with Gasteiger partial charge in [-0.1, -0.05) is 185 Å². The molecule has 67 heavy (non-hydrogen) atoms. The van der Waals surface area contributed by atoms with Gasteiger partial charge in [0.1, 0.15) is 0 Å². The molecule has 1 aromatic heterocycles. The average molecular weight is 871 g/mol. The number of fused-ring (bicyclic) bond motifs is 19. The molecule has 1 aliphatic carbocycles. The molecule has 314 valence electrons. The molecule has 0 saturated heterocycles.